The molecule has 8 nitrogen and oxygen atoms in total. The Bertz CT molecular complexity index is 1170. The lowest BCUT2D eigenvalue weighted by Gasteiger charge is -2.40. The minimum absolute atomic E-state index is 0.130. The van der Waals surface area contributed by atoms with Crippen LogP contribution in [0.1, 0.15) is 31.1 Å². The van der Waals surface area contributed by atoms with Gasteiger partial charge in [-0.3, -0.25) is 0 Å². The minimum atomic E-state index is -2.10. The Hall–Kier alpha value is -4.08. The molecule has 1 unspecified atom stereocenters. The van der Waals surface area contributed by atoms with Crippen LogP contribution in [0.3, 0.4) is 0 Å². The van der Waals surface area contributed by atoms with E-state index in [1.54, 1.807) is 54.6 Å². The third-order valence-electron chi connectivity index (χ3n) is 5.48. The minimum Gasteiger partial charge on any atom is -0.459 e. The molecule has 9 heteroatoms. The van der Waals surface area contributed by atoms with Crippen molar-refractivity contribution in [3.63, 3.8) is 0 Å². The third kappa shape index (κ3) is 5.94. The topological polar surface area (TPSA) is 108 Å². The Morgan fingerprint density at radius 2 is 1.11 bits per heavy atom. The number of esters is 3. The third-order valence-corrected chi connectivity index (χ3v) is 5.48. The molecule has 3 aromatic carbocycles. The quantitative estimate of drug-likeness (QED) is 0.394. The SMILES string of the molecule is O=C(OC[C@H]1OC(O)[C@H](OC(=O)c2ccccc2)[C@@H](OC(=O)c2ccccc2)[C@@H]1F)c1ccccc1. The Kier molecular flexibility index (Phi) is 8.04. The van der Waals surface area contributed by atoms with Crippen LogP contribution in [0.5, 0.6) is 0 Å². The maximum atomic E-state index is 15.6. The van der Waals surface area contributed by atoms with Gasteiger partial charge in [-0.15, -0.1) is 0 Å². The second kappa shape index (κ2) is 11.6. The van der Waals surface area contributed by atoms with Crippen LogP contribution in [0.15, 0.2) is 91.0 Å². The molecule has 3 aromatic rings. The molecule has 1 fully saturated rings. The molecular formula is C27H23FO8. The van der Waals surface area contributed by atoms with Gasteiger partial charge in [-0.1, -0.05) is 54.6 Å². The summed E-state index contributed by atoms with van der Waals surface area (Å²) in [6.07, 6.45) is -8.87. The maximum absolute atomic E-state index is 15.6. The normalized spacial score (nSPS) is 23.3. The molecule has 1 N–H and O–H groups in total. The van der Waals surface area contributed by atoms with E-state index < -0.39 is 55.3 Å². The first-order valence-electron chi connectivity index (χ1n) is 11.2. The zero-order valence-electron chi connectivity index (χ0n) is 18.9. The van der Waals surface area contributed by atoms with Crippen molar-refractivity contribution >= 4 is 17.9 Å². The smallest absolute Gasteiger partial charge is 0.338 e. The van der Waals surface area contributed by atoms with Gasteiger partial charge in [-0.05, 0) is 36.4 Å². The van der Waals surface area contributed by atoms with E-state index in [0.29, 0.717) is 0 Å². The number of hydrogen-bond donors (Lipinski definition) is 1. The number of alkyl halides is 1. The molecule has 186 valence electrons. The number of aliphatic hydroxyl groups is 1. The first-order chi connectivity index (χ1) is 17.4. The van der Waals surface area contributed by atoms with Gasteiger partial charge >= 0.3 is 17.9 Å². The molecule has 0 bridgehead atoms. The van der Waals surface area contributed by atoms with Gasteiger partial charge in [0, 0.05) is 0 Å². The number of ether oxygens (including phenoxy) is 4. The molecule has 1 aliphatic rings. The highest BCUT2D eigenvalue weighted by Crippen LogP contribution is 2.29. The van der Waals surface area contributed by atoms with Gasteiger partial charge in [0.1, 0.15) is 12.7 Å². The van der Waals surface area contributed by atoms with Gasteiger partial charge in [0.25, 0.3) is 0 Å². The monoisotopic (exact) mass is 494 g/mol. The summed E-state index contributed by atoms with van der Waals surface area (Å²) < 4.78 is 36.7. The Morgan fingerprint density at radius 3 is 1.58 bits per heavy atom. The zero-order valence-corrected chi connectivity index (χ0v) is 18.9. The maximum Gasteiger partial charge on any atom is 0.338 e. The van der Waals surface area contributed by atoms with E-state index >= 15 is 4.39 Å². The first-order valence-corrected chi connectivity index (χ1v) is 11.2. The summed E-state index contributed by atoms with van der Waals surface area (Å²) >= 11 is 0. The van der Waals surface area contributed by atoms with Crippen molar-refractivity contribution in [1.82, 2.24) is 0 Å². The second-order valence-electron chi connectivity index (χ2n) is 7.95. The lowest BCUT2D eigenvalue weighted by atomic mass is 9.99. The highest BCUT2D eigenvalue weighted by atomic mass is 19.1. The van der Waals surface area contributed by atoms with Gasteiger partial charge < -0.3 is 24.1 Å². The molecule has 0 spiro atoms. The van der Waals surface area contributed by atoms with Gasteiger partial charge in [-0.2, -0.15) is 0 Å². The van der Waals surface area contributed by atoms with E-state index in [2.05, 4.69) is 0 Å². The molecule has 1 saturated heterocycles. The fourth-order valence-electron chi connectivity index (χ4n) is 3.62. The number of carbonyl (C=O) groups is 3. The Balaban J connectivity index is 1.52. The van der Waals surface area contributed by atoms with Crippen molar-refractivity contribution in [3.8, 4) is 0 Å². The number of aliphatic hydroxyl groups excluding tert-OH is 1. The van der Waals surface area contributed by atoms with Crippen LogP contribution in [0.25, 0.3) is 0 Å². The van der Waals surface area contributed by atoms with Crippen molar-refractivity contribution in [2.24, 2.45) is 0 Å². The molecular weight excluding hydrogens is 471 g/mol. The van der Waals surface area contributed by atoms with Crippen molar-refractivity contribution in [1.29, 1.82) is 0 Å². The summed E-state index contributed by atoms with van der Waals surface area (Å²) in [4.78, 5) is 37.6. The van der Waals surface area contributed by atoms with Gasteiger partial charge in [0.05, 0.1) is 16.7 Å². The average molecular weight is 494 g/mol. The van der Waals surface area contributed by atoms with Crippen molar-refractivity contribution in [3.05, 3.63) is 108 Å². The molecule has 0 aromatic heterocycles. The molecule has 5 atom stereocenters. The van der Waals surface area contributed by atoms with Crippen LogP contribution in [-0.2, 0) is 18.9 Å². The fraction of sp³-hybridized carbons (Fsp3) is 0.222. The first kappa shape index (κ1) is 25.0. The second-order valence-corrected chi connectivity index (χ2v) is 7.95. The summed E-state index contributed by atoms with van der Waals surface area (Å²) in [7, 11) is 0. The molecule has 0 radical (unpaired) electrons. The number of benzene rings is 3. The van der Waals surface area contributed by atoms with Crippen LogP contribution in [0.2, 0.25) is 0 Å². The Labute approximate surface area is 206 Å². The molecule has 4 rings (SSSR count). The van der Waals surface area contributed by atoms with Gasteiger partial charge in [0.15, 0.2) is 24.7 Å². The number of carbonyl (C=O) groups excluding carboxylic acids is 3. The number of halogens is 1. The Morgan fingerprint density at radius 1 is 0.694 bits per heavy atom. The molecule has 1 heterocycles. The summed E-state index contributed by atoms with van der Waals surface area (Å²) in [5.74, 6) is -2.49. The van der Waals surface area contributed by atoms with E-state index in [1.807, 2.05) is 0 Å². The number of rotatable bonds is 7. The fourth-order valence-corrected chi connectivity index (χ4v) is 3.62. The van der Waals surface area contributed by atoms with Crippen molar-refractivity contribution in [2.45, 2.75) is 30.8 Å². The van der Waals surface area contributed by atoms with E-state index in [-0.39, 0.29) is 16.7 Å². The van der Waals surface area contributed by atoms with E-state index in [1.165, 1.54) is 36.4 Å². The number of hydrogen-bond acceptors (Lipinski definition) is 8. The van der Waals surface area contributed by atoms with Gasteiger partial charge in [0.2, 0.25) is 0 Å². The van der Waals surface area contributed by atoms with Crippen LogP contribution in [0.4, 0.5) is 4.39 Å². The van der Waals surface area contributed by atoms with Crippen molar-refractivity contribution in [2.75, 3.05) is 6.61 Å². The van der Waals surface area contributed by atoms with Crippen LogP contribution >= 0.6 is 0 Å². The molecule has 1 aliphatic heterocycles. The standard InChI is InChI=1S/C27H23FO8/c28-21-20(16-33-24(29)17-10-4-1-5-11-17)34-27(32)23(36-26(31)19-14-8-3-9-15-19)22(21)35-25(30)18-12-6-2-7-13-18/h1-15,20-23,27,32H,16H2/t20-,21-,22+,23-,27?/m1/s1. The van der Waals surface area contributed by atoms with E-state index in [0.717, 1.165) is 0 Å². The predicted octanol–water partition coefficient (Wildman–Crippen LogP) is 3.35. The van der Waals surface area contributed by atoms with Crippen LogP contribution in [0, 0.1) is 0 Å². The largest absolute Gasteiger partial charge is 0.459 e. The molecule has 0 aliphatic carbocycles. The van der Waals surface area contributed by atoms with Crippen LogP contribution in [-0.4, -0.2) is 60.4 Å². The summed E-state index contributed by atoms with van der Waals surface area (Å²) in [5.41, 5.74) is 0.518. The lowest BCUT2D eigenvalue weighted by Crippen LogP contribution is -2.60. The predicted molar refractivity (Wildman–Crippen MR) is 124 cm³/mol. The van der Waals surface area contributed by atoms with E-state index in [4.69, 9.17) is 18.9 Å². The van der Waals surface area contributed by atoms with Gasteiger partial charge in [-0.25, -0.2) is 18.8 Å². The van der Waals surface area contributed by atoms with E-state index in [9.17, 15) is 19.5 Å². The molecule has 0 amide bonds. The summed E-state index contributed by atoms with van der Waals surface area (Å²) in [6, 6.07) is 23.7. The highest BCUT2D eigenvalue weighted by molar-refractivity contribution is 5.90. The summed E-state index contributed by atoms with van der Waals surface area (Å²) in [5, 5.41) is 10.6. The molecule has 0 saturated carbocycles. The van der Waals surface area contributed by atoms with Crippen molar-refractivity contribution < 1.29 is 42.8 Å². The summed E-state index contributed by atoms with van der Waals surface area (Å²) in [6.45, 7) is -0.579. The highest BCUT2D eigenvalue weighted by Gasteiger charge is 2.51. The lowest BCUT2D eigenvalue weighted by molar-refractivity contribution is -0.273. The van der Waals surface area contributed by atoms with Crippen LogP contribution < -0.4 is 0 Å². The molecule has 36 heavy (non-hydrogen) atoms. The zero-order chi connectivity index (χ0) is 25.5. The average Bonchev–Trinajstić information content (AvgIpc) is 2.92.